The monoisotopic (exact) mass is 333 g/mol. The molecule has 23 heavy (non-hydrogen) atoms. The SMILES string of the molecule is CCCC[C@]1(OCc2ccccc2)C(=O)N2[C@@H](C(C)C)CS[C@H]21. The van der Waals surface area contributed by atoms with Crippen LogP contribution in [0.4, 0.5) is 0 Å². The zero-order valence-electron chi connectivity index (χ0n) is 14.3. The fraction of sp³-hybridized carbons (Fsp3) is 0.632. The average molecular weight is 333 g/mol. The van der Waals surface area contributed by atoms with Crippen molar-refractivity contribution in [2.75, 3.05) is 5.75 Å². The topological polar surface area (TPSA) is 29.5 Å². The van der Waals surface area contributed by atoms with Crippen LogP contribution in [0.2, 0.25) is 0 Å². The number of β-lactam (4-membered cyclic amide) rings is 1. The van der Waals surface area contributed by atoms with Crippen LogP contribution in [0.1, 0.15) is 45.6 Å². The number of nitrogens with zero attached hydrogens (tertiary/aromatic N) is 1. The van der Waals surface area contributed by atoms with Gasteiger partial charge < -0.3 is 9.64 Å². The summed E-state index contributed by atoms with van der Waals surface area (Å²) in [7, 11) is 0. The summed E-state index contributed by atoms with van der Waals surface area (Å²) in [6, 6.07) is 10.5. The summed E-state index contributed by atoms with van der Waals surface area (Å²) in [6.45, 7) is 7.10. The lowest BCUT2D eigenvalue weighted by Crippen LogP contribution is -2.73. The van der Waals surface area contributed by atoms with Crippen LogP contribution in [-0.2, 0) is 16.1 Å². The fourth-order valence-electron chi connectivity index (χ4n) is 3.57. The van der Waals surface area contributed by atoms with Crippen molar-refractivity contribution in [3.8, 4) is 0 Å². The molecule has 2 aliphatic heterocycles. The highest BCUT2D eigenvalue weighted by Gasteiger charge is 2.66. The molecule has 1 aromatic carbocycles. The van der Waals surface area contributed by atoms with Gasteiger partial charge in [0.15, 0.2) is 5.60 Å². The minimum Gasteiger partial charge on any atom is -0.357 e. The molecule has 4 heteroatoms. The van der Waals surface area contributed by atoms with Gasteiger partial charge in [-0.2, -0.15) is 0 Å². The van der Waals surface area contributed by atoms with E-state index in [1.54, 1.807) is 0 Å². The van der Waals surface area contributed by atoms with E-state index in [1.165, 1.54) is 0 Å². The van der Waals surface area contributed by atoms with Gasteiger partial charge in [0, 0.05) is 11.8 Å². The number of hydrogen-bond acceptors (Lipinski definition) is 3. The zero-order valence-corrected chi connectivity index (χ0v) is 15.1. The predicted octanol–water partition coefficient (Wildman–Crippen LogP) is 4.07. The first-order valence-electron chi connectivity index (χ1n) is 8.72. The lowest BCUT2D eigenvalue weighted by molar-refractivity contribution is -0.200. The Morgan fingerprint density at radius 1 is 1.35 bits per heavy atom. The Kier molecular flexibility index (Phi) is 5.02. The molecule has 0 unspecified atom stereocenters. The summed E-state index contributed by atoms with van der Waals surface area (Å²) in [5.74, 6) is 1.77. The summed E-state index contributed by atoms with van der Waals surface area (Å²) in [4.78, 5) is 15.1. The summed E-state index contributed by atoms with van der Waals surface area (Å²) < 4.78 is 6.30. The smallest absolute Gasteiger partial charge is 0.259 e. The summed E-state index contributed by atoms with van der Waals surface area (Å²) in [5.41, 5.74) is 0.540. The van der Waals surface area contributed by atoms with Crippen molar-refractivity contribution >= 4 is 17.7 Å². The van der Waals surface area contributed by atoms with Crippen LogP contribution in [0.5, 0.6) is 0 Å². The molecule has 3 atom stereocenters. The second-order valence-electron chi connectivity index (χ2n) is 6.98. The van der Waals surface area contributed by atoms with Crippen molar-refractivity contribution < 1.29 is 9.53 Å². The summed E-state index contributed by atoms with van der Waals surface area (Å²) >= 11 is 1.90. The molecule has 0 saturated carbocycles. The standard InChI is InChI=1S/C19H27NO2S/c1-4-5-11-19(22-12-15-9-7-6-8-10-15)17(21)20-16(14(2)3)13-23-18(19)20/h6-10,14,16,18H,4-5,11-13H2,1-3H3/t16-,18+,19+/m1/s1. The van der Waals surface area contributed by atoms with E-state index in [-0.39, 0.29) is 11.3 Å². The summed E-state index contributed by atoms with van der Waals surface area (Å²) in [6.07, 6.45) is 2.97. The van der Waals surface area contributed by atoms with Crippen LogP contribution >= 0.6 is 11.8 Å². The van der Waals surface area contributed by atoms with Crippen molar-refractivity contribution in [3.63, 3.8) is 0 Å². The van der Waals surface area contributed by atoms with Gasteiger partial charge in [-0.25, -0.2) is 0 Å². The molecule has 0 bridgehead atoms. The zero-order chi connectivity index (χ0) is 16.4. The maximum absolute atomic E-state index is 13.0. The van der Waals surface area contributed by atoms with E-state index in [0.717, 1.165) is 30.6 Å². The Labute approximate surface area is 143 Å². The van der Waals surface area contributed by atoms with Gasteiger partial charge in [0.25, 0.3) is 5.91 Å². The first kappa shape index (κ1) is 16.8. The summed E-state index contributed by atoms with van der Waals surface area (Å²) in [5, 5.41) is 0.206. The van der Waals surface area contributed by atoms with E-state index in [0.29, 0.717) is 18.6 Å². The van der Waals surface area contributed by atoms with E-state index >= 15 is 0 Å². The molecule has 2 heterocycles. The third-order valence-electron chi connectivity index (χ3n) is 5.04. The van der Waals surface area contributed by atoms with Gasteiger partial charge >= 0.3 is 0 Å². The fourth-order valence-corrected chi connectivity index (χ4v) is 5.47. The van der Waals surface area contributed by atoms with Crippen LogP contribution in [0.25, 0.3) is 0 Å². The first-order valence-corrected chi connectivity index (χ1v) is 9.77. The van der Waals surface area contributed by atoms with Crippen molar-refractivity contribution in [1.29, 1.82) is 0 Å². The van der Waals surface area contributed by atoms with Gasteiger partial charge in [0.1, 0.15) is 5.37 Å². The van der Waals surface area contributed by atoms with Gasteiger partial charge in [0.2, 0.25) is 0 Å². The second-order valence-corrected chi connectivity index (χ2v) is 8.09. The predicted molar refractivity (Wildman–Crippen MR) is 95.2 cm³/mol. The molecule has 1 amide bonds. The van der Waals surface area contributed by atoms with Gasteiger partial charge in [0.05, 0.1) is 6.61 Å². The Bertz CT molecular complexity index is 548. The molecular formula is C19H27NO2S. The molecule has 126 valence electrons. The Balaban J connectivity index is 1.75. The lowest BCUT2D eigenvalue weighted by Gasteiger charge is -2.54. The van der Waals surface area contributed by atoms with E-state index in [9.17, 15) is 4.79 Å². The maximum atomic E-state index is 13.0. The first-order chi connectivity index (χ1) is 11.1. The average Bonchev–Trinajstić information content (AvgIpc) is 2.98. The van der Waals surface area contributed by atoms with Crippen molar-refractivity contribution in [2.24, 2.45) is 5.92 Å². The van der Waals surface area contributed by atoms with Crippen LogP contribution in [-0.4, -0.2) is 33.6 Å². The second kappa shape index (κ2) is 6.86. The molecule has 0 aliphatic carbocycles. The number of carbonyl (C=O) groups is 1. The molecule has 0 radical (unpaired) electrons. The van der Waals surface area contributed by atoms with E-state index < -0.39 is 5.60 Å². The molecule has 1 aromatic rings. The third-order valence-corrected chi connectivity index (χ3v) is 6.50. The molecule has 2 fully saturated rings. The number of carbonyl (C=O) groups excluding carboxylic acids is 1. The number of thioether (sulfide) groups is 1. The number of unbranched alkanes of at least 4 members (excludes halogenated alkanes) is 1. The van der Waals surface area contributed by atoms with Crippen LogP contribution in [0.3, 0.4) is 0 Å². The molecule has 3 rings (SSSR count). The number of rotatable bonds is 7. The maximum Gasteiger partial charge on any atom is 0.259 e. The number of benzene rings is 1. The highest BCUT2D eigenvalue weighted by Crippen LogP contribution is 2.51. The van der Waals surface area contributed by atoms with Crippen molar-refractivity contribution in [2.45, 2.75) is 63.7 Å². The number of hydrogen-bond donors (Lipinski definition) is 0. The highest BCUT2D eigenvalue weighted by molar-refractivity contribution is 8.00. The van der Waals surface area contributed by atoms with Crippen LogP contribution in [0.15, 0.2) is 30.3 Å². The van der Waals surface area contributed by atoms with Crippen molar-refractivity contribution in [1.82, 2.24) is 4.90 Å². The van der Waals surface area contributed by atoms with Gasteiger partial charge in [-0.1, -0.05) is 63.9 Å². The molecular weight excluding hydrogens is 306 g/mol. The normalized spacial score (nSPS) is 29.7. The molecule has 0 spiro atoms. The lowest BCUT2D eigenvalue weighted by atomic mass is 9.83. The van der Waals surface area contributed by atoms with Crippen molar-refractivity contribution in [3.05, 3.63) is 35.9 Å². The van der Waals surface area contributed by atoms with E-state index in [4.69, 9.17) is 4.74 Å². The molecule has 2 saturated heterocycles. The van der Waals surface area contributed by atoms with Gasteiger partial charge in [-0.05, 0) is 17.9 Å². The quantitative estimate of drug-likeness (QED) is 0.704. The minimum absolute atomic E-state index is 0.206. The largest absolute Gasteiger partial charge is 0.357 e. The van der Waals surface area contributed by atoms with Gasteiger partial charge in [-0.3, -0.25) is 4.79 Å². The van der Waals surface area contributed by atoms with E-state index in [2.05, 4.69) is 37.8 Å². The third kappa shape index (κ3) is 2.91. The van der Waals surface area contributed by atoms with E-state index in [1.807, 2.05) is 30.0 Å². The molecule has 0 aromatic heterocycles. The Morgan fingerprint density at radius 2 is 2.09 bits per heavy atom. The Morgan fingerprint density at radius 3 is 2.74 bits per heavy atom. The number of amides is 1. The molecule has 3 nitrogen and oxygen atoms in total. The van der Waals surface area contributed by atoms with Gasteiger partial charge in [-0.15, -0.1) is 11.8 Å². The Hall–Kier alpha value is -1.00. The highest BCUT2D eigenvalue weighted by atomic mass is 32.2. The molecule has 0 N–H and O–H groups in total. The minimum atomic E-state index is -0.597. The number of ether oxygens (including phenoxy) is 1. The van der Waals surface area contributed by atoms with Crippen LogP contribution < -0.4 is 0 Å². The number of fused-ring (bicyclic) bond motifs is 1. The molecule has 2 aliphatic rings. The van der Waals surface area contributed by atoms with Crippen LogP contribution in [0, 0.1) is 5.92 Å².